The van der Waals surface area contributed by atoms with Gasteiger partial charge in [-0.15, -0.1) is 0 Å². The Hall–Kier alpha value is -0.570. The number of carbonyl (C=O) groups excluding carboxylic acids is 1. The third-order valence-electron chi connectivity index (χ3n) is 3.77. The quantitative estimate of drug-likeness (QED) is 0.683. The lowest BCUT2D eigenvalue weighted by Gasteiger charge is -2.16. The molecule has 2 atom stereocenters. The lowest BCUT2D eigenvalue weighted by molar-refractivity contribution is -0.122. The Kier molecular flexibility index (Phi) is 7.25. The van der Waals surface area contributed by atoms with Crippen LogP contribution in [0, 0.1) is 11.8 Å². The molecule has 0 aromatic carbocycles. The Morgan fingerprint density at radius 2 is 2.29 bits per heavy atom. The minimum Gasteiger partial charge on any atom is -0.356 e. The van der Waals surface area contributed by atoms with Crippen LogP contribution in [0.25, 0.3) is 0 Å². The Labute approximate surface area is 106 Å². The van der Waals surface area contributed by atoms with Gasteiger partial charge in [0.1, 0.15) is 0 Å². The highest BCUT2D eigenvalue weighted by molar-refractivity contribution is 5.76. The third-order valence-corrected chi connectivity index (χ3v) is 3.77. The Balaban J connectivity index is 2.12. The van der Waals surface area contributed by atoms with Crippen molar-refractivity contribution in [1.29, 1.82) is 0 Å². The maximum Gasteiger partial charge on any atom is 0.220 e. The summed E-state index contributed by atoms with van der Waals surface area (Å²) in [6.45, 7) is 7.40. The van der Waals surface area contributed by atoms with Crippen LogP contribution >= 0.6 is 0 Å². The highest BCUT2D eigenvalue weighted by atomic mass is 16.1. The molecule has 0 aromatic heterocycles. The molecule has 0 spiro atoms. The fourth-order valence-electron chi connectivity index (χ4n) is 2.42. The summed E-state index contributed by atoms with van der Waals surface area (Å²) in [5.74, 6) is 1.47. The van der Waals surface area contributed by atoms with Gasteiger partial charge in [-0.3, -0.25) is 4.79 Å². The number of nitrogens with one attached hydrogen (secondary N) is 2. The van der Waals surface area contributed by atoms with Crippen LogP contribution < -0.4 is 10.6 Å². The number of rotatable bonds is 8. The van der Waals surface area contributed by atoms with E-state index in [4.69, 9.17) is 0 Å². The Morgan fingerprint density at radius 3 is 2.88 bits per heavy atom. The van der Waals surface area contributed by atoms with Crippen LogP contribution in [0.4, 0.5) is 0 Å². The predicted molar refractivity (Wildman–Crippen MR) is 71.9 cm³/mol. The van der Waals surface area contributed by atoms with E-state index < -0.39 is 0 Å². The molecule has 0 aromatic rings. The van der Waals surface area contributed by atoms with Crippen LogP contribution in [-0.2, 0) is 4.79 Å². The second kappa shape index (κ2) is 8.51. The minimum atomic E-state index is 0.244. The smallest absolute Gasteiger partial charge is 0.220 e. The topological polar surface area (TPSA) is 41.1 Å². The third kappa shape index (κ3) is 6.06. The molecule has 2 unspecified atom stereocenters. The summed E-state index contributed by atoms with van der Waals surface area (Å²) in [7, 11) is 0. The average Bonchev–Trinajstić information content (AvgIpc) is 2.82. The molecule has 0 saturated carbocycles. The van der Waals surface area contributed by atoms with E-state index in [0.717, 1.165) is 26.1 Å². The molecule has 0 bridgehead atoms. The van der Waals surface area contributed by atoms with Crippen molar-refractivity contribution in [2.24, 2.45) is 11.8 Å². The van der Waals surface area contributed by atoms with Crippen LogP contribution in [0.5, 0.6) is 0 Å². The van der Waals surface area contributed by atoms with Crippen molar-refractivity contribution in [3.8, 4) is 0 Å². The summed E-state index contributed by atoms with van der Waals surface area (Å²) >= 11 is 0. The van der Waals surface area contributed by atoms with E-state index in [9.17, 15) is 4.79 Å². The number of unbranched alkanes of at least 4 members (excludes halogenated alkanes) is 1. The first kappa shape index (κ1) is 14.5. The molecule has 1 amide bonds. The maximum absolute atomic E-state index is 11.8. The SMILES string of the molecule is CCCCC(CC)CNC(=O)CC1CCNC1. The molecule has 2 N–H and O–H groups in total. The largest absolute Gasteiger partial charge is 0.356 e. The first-order valence-electron chi connectivity index (χ1n) is 7.23. The molecular weight excluding hydrogens is 212 g/mol. The molecule has 1 saturated heterocycles. The van der Waals surface area contributed by atoms with E-state index in [1.54, 1.807) is 0 Å². The molecule has 1 heterocycles. The molecular formula is C14H28N2O. The number of carbonyl (C=O) groups is 1. The van der Waals surface area contributed by atoms with Gasteiger partial charge in [-0.2, -0.15) is 0 Å². The second-order valence-corrected chi connectivity index (χ2v) is 5.28. The summed E-state index contributed by atoms with van der Waals surface area (Å²) in [5, 5.41) is 6.40. The molecule has 3 heteroatoms. The summed E-state index contributed by atoms with van der Waals surface area (Å²) in [5.41, 5.74) is 0. The summed E-state index contributed by atoms with van der Waals surface area (Å²) < 4.78 is 0. The highest BCUT2D eigenvalue weighted by Crippen LogP contribution is 2.13. The lowest BCUT2D eigenvalue weighted by Crippen LogP contribution is -2.30. The molecule has 100 valence electrons. The maximum atomic E-state index is 11.8. The van der Waals surface area contributed by atoms with Gasteiger partial charge in [0.2, 0.25) is 5.91 Å². The number of amides is 1. The summed E-state index contributed by atoms with van der Waals surface area (Å²) in [4.78, 5) is 11.8. The van der Waals surface area contributed by atoms with E-state index in [1.807, 2.05) is 0 Å². The molecule has 0 radical (unpaired) electrons. The molecule has 1 fully saturated rings. The van der Waals surface area contributed by atoms with E-state index >= 15 is 0 Å². The van der Waals surface area contributed by atoms with Crippen LogP contribution in [0.3, 0.4) is 0 Å². The average molecular weight is 240 g/mol. The van der Waals surface area contributed by atoms with Crippen LogP contribution in [-0.4, -0.2) is 25.5 Å². The van der Waals surface area contributed by atoms with Gasteiger partial charge in [-0.25, -0.2) is 0 Å². The molecule has 0 aliphatic carbocycles. The molecule has 1 rings (SSSR count). The van der Waals surface area contributed by atoms with Gasteiger partial charge in [-0.1, -0.05) is 33.1 Å². The fourth-order valence-corrected chi connectivity index (χ4v) is 2.42. The minimum absolute atomic E-state index is 0.244. The van der Waals surface area contributed by atoms with E-state index in [-0.39, 0.29) is 5.91 Å². The first-order valence-corrected chi connectivity index (χ1v) is 7.23. The van der Waals surface area contributed by atoms with E-state index in [1.165, 1.54) is 25.7 Å². The van der Waals surface area contributed by atoms with E-state index in [0.29, 0.717) is 18.3 Å². The Morgan fingerprint density at radius 1 is 1.47 bits per heavy atom. The molecule has 3 nitrogen and oxygen atoms in total. The molecule has 1 aliphatic rings. The van der Waals surface area contributed by atoms with Gasteiger partial charge >= 0.3 is 0 Å². The first-order chi connectivity index (χ1) is 8.26. The van der Waals surface area contributed by atoms with Gasteiger partial charge in [0, 0.05) is 13.0 Å². The zero-order valence-corrected chi connectivity index (χ0v) is 11.4. The normalized spacial score (nSPS) is 21.4. The van der Waals surface area contributed by atoms with Crippen LogP contribution in [0.2, 0.25) is 0 Å². The number of hydrogen-bond donors (Lipinski definition) is 2. The summed E-state index contributed by atoms with van der Waals surface area (Å²) in [6.07, 6.45) is 6.81. The standard InChI is InChI=1S/C14H28N2O/c1-3-5-6-12(4-2)11-16-14(17)9-13-7-8-15-10-13/h12-13,15H,3-11H2,1-2H3,(H,16,17). The van der Waals surface area contributed by atoms with Gasteiger partial charge in [-0.05, 0) is 37.8 Å². The second-order valence-electron chi connectivity index (χ2n) is 5.28. The van der Waals surface area contributed by atoms with Gasteiger partial charge in [0.05, 0.1) is 0 Å². The van der Waals surface area contributed by atoms with Crippen molar-refractivity contribution in [2.75, 3.05) is 19.6 Å². The van der Waals surface area contributed by atoms with Gasteiger partial charge in [0.15, 0.2) is 0 Å². The van der Waals surface area contributed by atoms with Crippen LogP contribution in [0.15, 0.2) is 0 Å². The van der Waals surface area contributed by atoms with Crippen LogP contribution in [0.1, 0.15) is 52.4 Å². The lowest BCUT2D eigenvalue weighted by atomic mass is 9.99. The Bertz CT molecular complexity index is 212. The monoisotopic (exact) mass is 240 g/mol. The van der Waals surface area contributed by atoms with Crippen molar-refractivity contribution in [1.82, 2.24) is 10.6 Å². The van der Waals surface area contributed by atoms with Crippen molar-refractivity contribution < 1.29 is 4.79 Å². The molecule has 1 aliphatic heterocycles. The van der Waals surface area contributed by atoms with E-state index in [2.05, 4.69) is 24.5 Å². The summed E-state index contributed by atoms with van der Waals surface area (Å²) in [6, 6.07) is 0. The zero-order valence-electron chi connectivity index (χ0n) is 11.4. The number of hydrogen-bond acceptors (Lipinski definition) is 2. The zero-order chi connectivity index (χ0) is 12.5. The van der Waals surface area contributed by atoms with Crippen molar-refractivity contribution in [3.05, 3.63) is 0 Å². The predicted octanol–water partition coefficient (Wildman–Crippen LogP) is 2.32. The van der Waals surface area contributed by atoms with Crippen molar-refractivity contribution >= 4 is 5.91 Å². The van der Waals surface area contributed by atoms with Gasteiger partial charge in [0.25, 0.3) is 0 Å². The van der Waals surface area contributed by atoms with Crippen molar-refractivity contribution in [3.63, 3.8) is 0 Å². The van der Waals surface area contributed by atoms with Crippen molar-refractivity contribution in [2.45, 2.75) is 52.4 Å². The highest BCUT2D eigenvalue weighted by Gasteiger charge is 2.18. The van der Waals surface area contributed by atoms with Gasteiger partial charge < -0.3 is 10.6 Å². The molecule has 17 heavy (non-hydrogen) atoms. The fraction of sp³-hybridized carbons (Fsp3) is 0.929.